The highest BCUT2D eigenvalue weighted by molar-refractivity contribution is 7.91. The van der Waals surface area contributed by atoms with Crippen LogP contribution in [0.15, 0.2) is 9.72 Å². The van der Waals surface area contributed by atoms with Crippen LogP contribution in [-0.2, 0) is 14.8 Å². The number of sulfonamides is 1. The molecule has 1 aromatic rings. The molecule has 2 heterocycles. The van der Waals surface area contributed by atoms with Gasteiger partial charge in [-0.1, -0.05) is 0 Å². The second kappa shape index (κ2) is 6.62. The van der Waals surface area contributed by atoms with Crippen molar-refractivity contribution in [1.29, 1.82) is 0 Å². The summed E-state index contributed by atoms with van der Waals surface area (Å²) in [7, 11) is -2.53. The van der Waals surface area contributed by atoms with Gasteiger partial charge in [-0.3, -0.25) is 0 Å². The zero-order chi connectivity index (χ0) is 13.2. The summed E-state index contributed by atoms with van der Waals surface area (Å²) in [6.07, 6.45) is 0.728. The molecule has 2 N–H and O–H groups in total. The van der Waals surface area contributed by atoms with E-state index < -0.39 is 16.0 Å². The molecule has 0 aliphatic carbocycles. The van der Waals surface area contributed by atoms with Crippen molar-refractivity contribution < 1.29 is 17.9 Å². The van der Waals surface area contributed by atoms with Crippen LogP contribution >= 0.6 is 23.7 Å². The molecule has 1 aromatic heterocycles. The first kappa shape index (κ1) is 16.3. The molecule has 1 unspecified atom stereocenters. The Bertz CT molecular complexity index is 539. The normalized spacial score (nSPS) is 18.9. The van der Waals surface area contributed by atoms with Gasteiger partial charge in [-0.25, -0.2) is 22.9 Å². The Balaban J connectivity index is 0.00000180. The Morgan fingerprint density at radius 1 is 1.63 bits per heavy atom. The van der Waals surface area contributed by atoms with Crippen LogP contribution in [0.2, 0.25) is 0 Å². The number of ether oxygens (including phenoxy) is 1. The monoisotopic (exact) mass is 327 g/mol. The number of hydrogen-bond acceptors (Lipinski definition) is 7. The van der Waals surface area contributed by atoms with Crippen molar-refractivity contribution >= 4 is 39.7 Å². The lowest BCUT2D eigenvalue weighted by atomic mass is 10.3. The molecule has 7 nitrogen and oxygen atoms in total. The minimum Gasteiger partial charge on any atom is -0.464 e. The van der Waals surface area contributed by atoms with Gasteiger partial charge in [-0.2, -0.15) is 0 Å². The van der Waals surface area contributed by atoms with Crippen LogP contribution in [-0.4, -0.2) is 45.6 Å². The Hall–Kier alpha value is -0.740. The second-order valence-corrected chi connectivity index (χ2v) is 6.56. The molecule has 1 fully saturated rings. The number of carbonyl (C=O) groups is 1. The van der Waals surface area contributed by atoms with E-state index in [1.165, 1.54) is 12.6 Å². The number of esters is 1. The van der Waals surface area contributed by atoms with E-state index in [4.69, 9.17) is 0 Å². The summed E-state index contributed by atoms with van der Waals surface area (Å²) in [5.41, 5.74) is 1.15. The maximum Gasteiger partial charge on any atom is 0.358 e. The molecule has 0 bridgehead atoms. The third-order valence-electron chi connectivity index (χ3n) is 2.54. The van der Waals surface area contributed by atoms with Gasteiger partial charge in [-0.05, 0) is 13.0 Å². The lowest BCUT2D eigenvalue weighted by Crippen LogP contribution is -2.36. The first-order valence-corrected chi connectivity index (χ1v) is 7.65. The van der Waals surface area contributed by atoms with E-state index in [1.54, 1.807) is 0 Å². The highest BCUT2D eigenvalue weighted by Crippen LogP contribution is 2.21. The number of halogens is 1. The van der Waals surface area contributed by atoms with Gasteiger partial charge in [0, 0.05) is 12.6 Å². The highest BCUT2D eigenvalue weighted by atomic mass is 35.5. The molecule has 10 heteroatoms. The predicted molar refractivity (Wildman–Crippen MR) is 72.3 cm³/mol. The summed E-state index contributed by atoms with van der Waals surface area (Å²) in [6, 6.07) is -0.150. The third-order valence-corrected chi connectivity index (χ3v) is 5.43. The average Bonchev–Trinajstić information content (AvgIpc) is 2.97. The Morgan fingerprint density at radius 2 is 2.37 bits per heavy atom. The van der Waals surface area contributed by atoms with Crippen LogP contribution in [0.5, 0.6) is 0 Å². The topological polar surface area (TPSA) is 97.4 Å². The third kappa shape index (κ3) is 3.63. The molecule has 1 atom stereocenters. The number of nitrogens with zero attached hydrogens (tertiary/aromatic N) is 1. The second-order valence-electron chi connectivity index (χ2n) is 3.79. The van der Waals surface area contributed by atoms with Crippen LogP contribution in [0.4, 0.5) is 0 Å². The molecule has 108 valence electrons. The fraction of sp³-hybridized carbons (Fsp3) is 0.556. The smallest absolute Gasteiger partial charge is 0.358 e. The van der Waals surface area contributed by atoms with E-state index >= 15 is 0 Å². The number of nitrogens with one attached hydrogen (secondary N) is 2. The van der Waals surface area contributed by atoms with Crippen molar-refractivity contribution in [3.63, 3.8) is 0 Å². The van der Waals surface area contributed by atoms with Crippen molar-refractivity contribution in [2.45, 2.75) is 16.7 Å². The molecular weight excluding hydrogens is 314 g/mol. The summed E-state index contributed by atoms with van der Waals surface area (Å²) in [5, 5.41) is 3.06. The van der Waals surface area contributed by atoms with Crippen LogP contribution < -0.4 is 10.0 Å². The highest BCUT2D eigenvalue weighted by Gasteiger charge is 2.29. The lowest BCUT2D eigenvalue weighted by molar-refractivity contribution is 0.0590. The van der Waals surface area contributed by atoms with Gasteiger partial charge in [0.1, 0.15) is 0 Å². The van der Waals surface area contributed by atoms with Gasteiger partial charge >= 0.3 is 5.97 Å². The van der Waals surface area contributed by atoms with Gasteiger partial charge in [0.25, 0.3) is 10.0 Å². The SMILES string of the molecule is COC(=O)c1ncsc1S(=O)(=O)NC1CCNC1.Cl. The number of thiazole rings is 1. The summed E-state index contributed by atoms with van der Waals surface area (Å²) in [6.45, 7) is 1.37. The van der Waals surface area contributed by atoms with Gasteiger partial charge < -0.3 is 10.1 Å². The van der Waals surface area contributed by atoms with Gasteiger partial charge in [0.15, 0.2) is 9.90 Å². The number of rotatable bonds is 4. The average molecular weight is 328 g/mol. The van der Waals surface area contributed by atoms with Gasteiger partial charge in [0.05, 0.1) is 12.6 Å². The van der Waals surface area contributed by atoms with E-state index in [0.717, 1.165) is 24.3 Å². The van der Waals surface area contributed by atoms with Crippen molar-refractivity contribution in [2.24, 2.45) is 0 Å². The summed E-state index contributed by atoms with van der Waals surface area (Å²) >= 11 is 0.901. The van der Waals surface area contributed by atoms with Gasteiger partial charge in [0.2, 0.25) is 0 Å². The number of methoxy groups -OCH3 is 1. The minimum atomic E-state index is -3.72. The van der Waals surface area contributed by atoms with E-state index in [1.807, 2.05) is 0 Å². The van der Waals surface area contributed by atoms with Crippen molar-refractivity contribution in [2.75, 3.05) is 20.2 Å². The van der Waals surface area contributed by atoms with Crippen molar-refractivity contribution in [3.8, 4) is 0 Å². The largest absolute Gasteiger partial charge is 0.464 e. The maximum absolute atomic E-state index is 12.1. The molecule has 1 aliphatic rings. The number of aromatic nitrogens is 1. The molecular formula is C9H14ClN3O4S2. The van der Waals surface area contributed by atoms with Crippen LogP contribution in [0.25, 0.3) is 0 Å². The quantitative estimate of drug-likeness (QED) is 0.755. The van der Waals surface area contributed by atoms with Crippen LogP contribution in [0.3, 0.4) is 0 Å². The predicted octanol–water partition coefficient (Wildman–Crippen LogP) is -0.00830. The van der Waals surface area contributed by atoms with E-state index in [0.29, 0.717) is 6.54 Å². The molecule has 0 aromatic carbocycles. The van der Waals surface area contributed by atoms with Crippen molar-refractivity contribution in [3.05, 3.63) is 11.2 Å². The summed E-state index contributed by atoms with van der Waals surface area (Å²) < 4.78 is 31.2. The maximum atomic E-state index is 12.1. The summed E-state index contributed by atoms with van der Waals surface area (Å²) in [4.78, 5) is 15.1. The zero-order valence-electron chi connectivity index (χ0n) is 10.1. The molecule has 0 amide bonds. The molecule has 19 heavy (non-hydrogen) atoms. The molecule has 1 aliphatic heterocycles. The number of carbonyl (C=O) groups excluding carboxylic acids is 1. The molecule has 0 radical (unpaired) electrons. The zero-order valence-corrected chi connectivity index (χ0v) is 12.5. The fourth-order valence-corrected chi connectivity index (χ4v) is 4.11. The lowest BCUT2D eigenvalue weighted by Gasteiger charge is -2.11. The summed E-state index contributed by atoms with van der Waals surface area (Å²) in [5.74, 6) is -0.749. The number of hydrogen-bond donors (Lipinski definition) is 2. The molecule has 0 spiro atoms. The molecule has 1 saturated heterocycles. The van der Waals surface area contributed by atoms with Gasteiger partial charge in [-0.15, -0.1) is 23.7 Å². The molecule has 0 saturated carbocycles. The van der Waals surface area contributed by atoms with E-state index in [-0.39, 0.29) is 28.4 Å². The molecule has 2 rings (SSSR count). The van der Waals surface area contributed by atoms with Crippen LogP contribution in [0, 0.1) is 0 Å². The van der Waals surface area contributed by atoms with Crippen molar-refractivity contribution in [1.82, 2.24) is 15.0 Å². The van der Waals surface area contributed by atoms with Crippen LogP contribution in [0.1, 0.15) is 16.9 Å². The minimum absolute atomic E-state index is 0. The first-order chi connectivity index (χ1) is 8.54. The fourth-order valence-electron chi connectivity index (χ4n) is 1.69. The Morgan fingerprint density at radius 3 is 2.95 bits per heavy atom. The Kier molecular flexibility index (Phi) is 5.68. The Labute approximate surface area is 121 Å². The van der Waals surface area contributed by atoms with E-state index in [2.05, 4.69) is 19.8 Å². The first-order valence-electron chi connectivity index (χ1n) is 5.29. The standard InChI is InChI=1S/C9H13N3O4S2.ClH/c1-16-8(13)7-9(17-5-11-7)18(14,15)12-6-2-3-10-4-6;/h5-6,10,12H,2-4H2,1H3;1H. The van der Waals surface area contributed by atoms with E-state index in [9.17, 15) is 13.2 Å².